The molecule has 0 atom stereocenters. The molecule has 3 aromatic rings. The van der Waals surface area contributed by atoms with Gasteiger partial charge >= 0.3 is 8.60 Å². The minimum atomic E-state index is -1.56. The van der Waals surface area contributed by atoms with Gasteiger partial charge in [-0.3, -0.25) is 0 Å². The van der Waals surface area contributed by atoms with Crippen molar-refractivity contribution in [2.75, 3.05) is 0 Å². The second-order valence-corrected chi connectivity index (χ2v) is 6.20. The highest BCUT2D eigenvalue weighted by Crippen LogP contribution is 2.46. The summed E-state index contributed by atoms with van der Waals surface area (Å²) in [4.78, 5) is 0. The lowest BCUT2D eigenvalue weighted by atomic mass is 10.0. The quantitative estimate of drug-likeness (QED) is 0.595. The maximum atomic E-state index is 6.02. The van der Waals surface area contributed by atoms with Crippen molar-refractivity contribution in [1.82, 2.24) is 0 Å². The summed E-state index contributed by atoms with van der Waals surface area (Å²) in [7, 11) is -1.56. The highest BCUT2D eigenvalue weighted by molar-refractivity contribution is 7.43. The molecule has 0 N–H and O–H groups in total. The van der Waals surface area contributed by atoms with E-state index in [1.54, 1.807) is 0 Å². The molecule has 0 aromatic heterocycles. The Morgan fingerprint density at radius 3 is 1.78 bits per heavy atom. The average Bonchev–Trinajstić information content (AvgIpc) is 2.57. The lowest BCUT2D eigenvalue weighted by Gasteiger charge is -2.23. The molecule has 23 heavy (non-hydrogen) atoms. The van der Waals surface area contributed by atoms with Crippen molar-refractivity contribution in [2.24, 2.45) is 0 Å². The summed E-state index contributed by atoms with van der Waals surface area (Å²) in [5, 5.41) is 0. The summed E-state index contributed by atoms with van der Waals surface area (Å²) >= 11 is 0. The van der Waals surface area contributed by atoms with Gasteiger partial charge in [0, 0.05) is 6.42 Å². The first-order valence-electron chi connectivity index (χ1n) is 7.43. The molecular formula is C19H15O3P. The first-order chi connectivity index (χ1) is 11.4. The van der Waals surface area contributed by atoms with E-state index in [-0.39, 0.29) is 0 Å². The van der Waals surface area contributed by atoms with Crippen LogP contribution in [0.3, 0.4) is 0 Å². The van der Waals surface area contributed by atoms with Gasteiger partial charge in [-0.2, -0.15) is 0 Å². The van der Waals surface area contributed by atoms with Crippen LogP contribution < -0.4 is 13.6 Å². The minimum absolute atomic E-state index is 0.731. The summed E-state index contributed by atoms with van der Waals surface area (Å²) in [6.07, 6.45) is 0.779. The molecule has 3 aromatic carbocycles. The van der Waals surface area contributed by atoms with Gasteiger partial charge in [0.15, 0.2) is 0 Å². The van der Waals surface area contributed by atoms with Crippen LogP contribution in [0.1, 0.15) is 11.1 Å². The maximum Gasteiger partial charge on any atom is 0.530 e. The van der Waals surface area contributed by atoms with E-state index in [0.717, 1.165) is 34.8 Å². The largest absolute Gasteiger partial charge is 0.530 e. The fraction of sp³-hybridized carbons (Fsp3) is 0.0526. The second kappa shape index (κ2) is 6.31. The zero-order valence-corrected chi connectivity index (χ0v) is 13.3. The zero-order valence-electron chi connectivity index (χ0n) is 12.4. The fourth-order valence-corrected chi connectivity index (χ4v) is 3.55. The number of hydrogen-bond acceptors (Lipinski definition) is 3. The van der Waals surface area contributed by atoms with Crippen LogP contribution in [0.4, 0.5) is 0 Å². The molecule has 0 radical (unpaired) electrons. The Bertz CT molecular complexity index is 757. The molecule has 114 valence electrons. The summed E-state index contributed by atoms with van der Waals surface area (Å²) in [6, 6.07) is 25.6. The fourth-order valence-electron chi connectivity index (χ4n) is 2.47. The molecule has 0 saturated heterocycles. The van der Waals surface area contributed by atoms with Crippen molar-refractivity contribution < 1.29 is 13.6 Å². The lowest BCUT2D eigenvalue weighted by Crippen LogP contribution is -2.08. The molecule has 1 heterocycles. The Hall–Kier alpha value is -2.51. The molecule has 0 unspecified atom stereocenters. The normalized spacial score (nSPS) is 13.6. The SMILES string of the molecule is c1ccc(OP2Oc3ccccc3Cc3ccccc3O2)cc1. The Labute approximate surface area is 136 Å². The van der Waals surface area contributed by atoms with Gasteiger partial charge in [0.2, 0.25) is 0 Å². The van der Waals surface area contributed by atoms with E-state index in [9.17, 15) is 0 Å². The Morgan fingerprint density at radius 1 is 0.652 bits per heavy atom. The summed E-state index contributed by atoms with van der Waals surface area (Å²) < 4.78 is 18.0. The van der Waals surface area contributed by atoms with Crippen molar-refractivity contribution >= 4 is 8.60 Å². The Balaban J connectivity index is 1.71. The number of para-hydroxylation sites is 3. The molecule has 0 amide bonds. The predicted molar refractivity (Wildman–Crippen MR) is 90.9 cm³/mol. The van der Waals surface area contributed by atoms with Crippen molar-refractivity contribution in [3.63, 3.8) is 0 Å². The Kier molecular flexibility index (Phi) is 3.87. The second-order valence-electron chi connectivity index (χ2n) is 5.20. The van der Waals surface area contributed by atoms with Crippen LogP contribution in [0.15, 0.2) is 78.9 Å². The van der Waals surface area contributed by atoms with Gasteiger partial charge in [-0.1, -0.05) is 54.6 Å². The minimum Gasteiger partial charge on any atom is -0.409 e. The molecular weight excluding hydrogens is 307 g/mol. The van der Waals surface area contributed by atoms with Gasteiger partial charge in [0.1, 0.15) is 17.2 Å². The third-order valence-electron chi connectivity index (χ3n) is 3.60. The number of hydrogen-bond donors (Lipinski definition) is 0. The van der Waals surface area contributed by atoms with Gasteiger partial charge < -0.3 is 13.6 Å². The predicted octanol–water partition coefficient (Wildman–Crippen LogP) is 5.35. The van der Waals surface area contributed by atoms with Crippen LogP contribution >= 0.6 is 8.60 Å². The monoisotopic (exact) mass is 322 g/mol. The van der Waals surface area contributed by atoms with E-state index in [1.165, 1.54) is 0 Å². The van der Waals surface area contributed by atoms with Crippen LogP contribution in [0, 0.1) is 0 Å². The van der Waals surface area contributed by atoms with Gasteiger partial charge in [-0.05, 0) is 35.4 Å². The van der Waals surface area contributed by atoms with Crippen LogP contribution in [0.5, 0.6) is 17.2 Å². The van der Waals surface area contributed by atoms with Crippen LogP contribution in [0.25, 0.3) is 0 Å². The number of rotatable bonds is 2. The first kappa shape index (κ1) is 14.1. The van der Waals surface area contributed by atoms with Crippen molar-refractivity contribution in [3.05, 3.63) is 90.0 Å². The summed E-state index contributed by atoms with van der Waals surface area (Å²) in [5.74, 6) is 2.35. The van der Waals surface area contributed by atoms with Crippen LogP contribution in [-0.2, 0) is 6.42 Å². The maximum absolute atomic E-state index is 6.02. The topological polar surface area (TPSA) is 27.7 Å². The molecule has 0 aliphatic carbocycles. The van der Waals surface area contributed by atoms with Crippen LogP contribution in [0.2, 0.25) is 0 Å². The lowest BCUT2D eigenvalue weighted by molar-refractivity contribution is 0.381. The highest BCUT2D eigenvalue weighted by Gasteiger charge is 2.25. The van der Waals surface area contributed by atoms with E-state index >= 15 is 0 Å². The molecule has 0 saturated carbocycles. The first-order valence-corrected chi connectivity index (χ1v) is 8.53. The van der Waals surface area contributed by atoms with E-state index < -0.39 is 8.60 Å². The molecule has 1 aliphatic heterocycles. The third-order valence-corrected chi connectivity index (χ3v) is 4.65. The number of benzene rings is 3. The zero-order chi connectivity index (χ0) is 15.5. The highest BCUT2D eigenvalue weighted by atomic mass is 31.2. The molecule has 0 fully saturated rings. The van der Waals surface area contributed by atoms with Gasteiger partial charge in [0.25, 0.3) is 0 Å². The van der Waals surface area contributed by atoms with Crippen molar-refractivity contribution in [1.29, 1.82) is 0 Å². The average molecular weight is 322 g/mol. The van der Waals surface area contributed by atoms with E-state index in [0.29, 0.717) is 0 Å². The van der Waals surface area contributed by atoms with Crippen LogP contribution in [-0.4, -0.2) is 0 Å². The van der Waals surface area contributed by atoms with E-state index in [4.69, 9.17) is 13.6 Å². The third kappa shape index (κ3) is 3.15. The van der Waals surface area contributed by atoms with Crippen molar-refractivity contribution in [2.45, 2.75) is 6.42 Å². The Morgan fingerprint density at radius 2 is 1.17 bits per heavy atom. The smallest absolute Gasteiger partial charge is 0.409 e. The van der Waals surface area contributed by atoms with Gasteiger partial charge in [0.05, 0.1) is 0 Å². The summed E-state index contributed by atoms with van der Waals surface area (Å²) in [5.41, 5.74) is 2.26. The molecule has 0 spiro atoms. The molecule has 4 rings (SSSR count). The molecule has 4 heteroatoms. The van der Waals surface area contributed by atoms with Gasteiger partial charge in [-0.25, -0.2) is 0 Å². The van der Waals surface area contributed by atoms with Gasteiger partial charge in [-0.15, -0.1) is 0 Å². The molecule has 0 bridgehead atoms. The summed E-state index contributed by atoms with van der Waals surface area (Å²) in [6.45, 7) is 0. The standard InChI is InChI=1S/C19H15O3P/c1-2-10-17(11-3-1)20-23-21-18-12-6-4-8-15(18)14-16-9-5-7-13-19(16)22-23/h1-13H,14H2. The van der Waals surface area contributed by atoms with E-state index in [2.05, 4.69) is 12.1 Å². The van der Waals surface area contributed by atoms with E-state index in [1.807, 2.05) is 66.7 Å². The molecule has 3 nitrogen and oxygen atoms in total. The number of fused-ring (bicyclic) bond motifs is 2. The molecule has 1 aliphatic rings. The van der Waals surface area contributed by atoms with Crippen molar-refractivity contribution in [3.8, 4) is 17.2 Å².